The molecule has 0 saturated carbocycles. The quantitative estimate of drug-likeness (QED) is 0.481. The lowest BCUT2D eigenvalue weighted by atomic mass is 10.1. The molecule has 2 aromatic carbocycles. The molecule has 0 bridgehead atoms. The molecule has 0 unspecified atom stereocenters. The zero-order valence-corrected chi connectivity index (χ0v) is 14.4. The zero-order valence-electron chi connectivity index (χ0n) is 13.6. The van der Waals surface area contributed by atoms with Gasteiger partial charge in [-0.15, -0.1) is 0 Å². The van der Waals surface area contributed by atoms with Gasteiger partial charge in [-0.25, -0.2) is 4.98 Å². The van der Waals surface area contributed by atoms with Crippen LogP contribution in [0.25, 0.3) is 21.5 Å². The topological polar surface area (TPSA) is 55.1 Å². The smallest absolute Gasteiger partial charge is 0.417 e. The monoisotopic (exact) mass is 388 g/mol. The summed E-state index contributed by atoms with van der Waals surface area (Å²) in [4.78, 5) is 16.6. The van der Waals surface area contributed by atoms with E-state index in [2.05, 4.69) is 10.3 Å². The lowest BCUT2D eigenvalue weighted by molar-refractivity contribution is -0.137. The first-order chi connectivity index (χ1) is 12.9. The van der Waals surface area contributed by atoms with E-state index >= 15 is 0 Å². The highest BCUT2D eigenvalue weighted by atomic mass is 32.1. The number of furan rings is 1. The van der Waals surface area contributed by atoms with Gasteiger partial charge in [-0.1, -0.05) is 41.7 Å². The Hall–Kier alpha value is -3.13. The molecule has 0 saturated heterocycles. The Morgan fingerprint density at radius 3 is 2.52 bits per heavy atom. The molecule has 0 aliphatic carbocycles. The van der Waals surface area contributed by atoms with Gasteiger partial charge in [0.15, 0.2) is 10.9 Å². The summed E-state index contributed by atoms with van der Waals surface area (Å²) in [7, 11) is 0. The van der Waals surface area contributed by atoms with E-state index in [0.717, 1.165) is 16.3 Å². The van der Waals surface area contributed by atoms with Crippen LogP contribution in [-0.2, 0) is 6.18 Å². The van der Waals surface area contributed by atoms with E-state index in [9.17, 15) is 18.0 Å². The second-order valence-corrected chi connectivity index (χ2v) is 6.68. The predicted octanol–water partition coefficient (Wildman–Crippen LogP) is 5.83. The van der Waals surface area contributed by atoms with Crippen molar-refractivity contribution < 1.29 is 22.4 Å². The number of fused-ring (bicyclic) bond motifs is 1. The van der Waals surface area contributed by atoms with Gasteiger partial charge in [0.1, 0.15) is 5.76 Å². The second kappa shape index (κ2) is 6.55. The van der Waals surface area contributed by atoms with Crippen LogP contribution in [0.2, 0.25) is 0 Å². The summed E-state index contributed by atoms with van der Waals surface area (Å²) in [5.41, 5.74) is -0.196. The molecule has 136 valence electrons. The molecule has 0 atom stereocenters. The largest absolute Gasteiger partial charge is 0.451 e. The van der Waals surface area contributed by atoms with Crippen LogP contribution in [0, 0.1) is 0 Å². The summed E-state index contributed by atoms with van der Waals surface area (Å²) >= 11 is 1.30. The van der Waals surface area contributed by atoms with E-state index in [0.29, 0.717) is 5.13 Å². The van der Waals surface area contributed by atoms with Gasteiger partial charge < -0.3 is 4.42 Å². The van der Waals surface area contributed by atoms with Crippen LogP contribution in [0.15, 0.2) is 65.1 Å². The molecule has 1 amide bonds. The number of hydrogen-bond acceptors (Lipinski definition) is 4. The van der Waals surface area contributed by atoms with E-state index in [1.54, 1.807) is 0 Å². The van der Waals surface area contributed by atoms with E-state index in [1.165, 1.54) is 41.7 Å². The molecular formula is C19H11F3N2O2S. The number of nitrogens with one attached hydrogen (secondary N) is 1. The van der Waals surface area contributed by atoms with Gasteiger partial charge in [0.2, 0.25) is 0 Å². The van der Waals surface area contributed by atoms with Crippen LogP contribution in [0.4, 0.5) is 18.3 Å². The number of benzene rings is 2. The van der Waals surface area contributed by atoms with Crippen molar-refractivity contribution in [1.82, 2.24) is 4.98 Å². The first kappa shape index (κ1) is 17.3. The van der Waals surface area contributed by atoms with Gasteiger partial charge in [0.05, 0.1) is 15.8 Å². The number of aromatic nitrogens is 1. The number of halogens is 3. The Morgan fingerprint density at radius 2 is 1.74 bits per heavy atom. The van der Waals surface area contributed by atoms with Crippen molar-refractivity contribution in [2.45, 2.75) is 6.18 Å². The van der Waals surface area contributed by atoms with E-state index in [4.69, 9.17) is 4.42 Å². The van der Waals surface area contributed by atoms with Crippen LogP contribution >= 0.6 is 11.3 Å². The summed E-state index contributed by atoms with van der Waals surface area (Å²) in [5.74, 6) is -0.705. The molecule has 4 rings (SSSR count). The summed E-state index contributed by atoms with van der Waals surface area (Å²) in [6.45, 7) is 0. The van der Waals surface area contributed by atoms with Gasteiger partial charge in [0.25, 0.3) is 5.91 Å². The molecule has 27 heavy (non-hydrogen) atoms. The third kappa shape index (κ3) is 3.43. The van der Waals surface area contributed by atoms with Crippen molar-refractivity contribution in [2.24, 2.45) is 0 Å². The van der Waals surface area contributed by atoms with Crippen molar-refractivity contribution in [3.8, 4) is 11.3 Å². The van der Waals surface area contributed by atoms with Gasteiger partial charge >= 0.3 is 6.18 Å². The fourth-order valence-electron chi connectivity index (χ4n) is 2.63. The third-order valence-corrected chi connectivity index (χ3v) is 4.79. The summed E-state index contributed by atoms with van der Waals surface area (Å²) in [6, 6.07) is 15.1. The number of para-hydroxylation sites is 1. The lowest BCUT2D eigenvalue weighted by Crippen LogP contribution is -2.10. The molecule has 2 aromatic heterocycles. The number of hydrogen-bond donors (Lipinski definition) is 1. The second-order valence-electron chi connectivity index (χ2n) is 5.65. The Morgan fingerprint density at radius 1 is 1.00 bits per heavy atom. The molecule has 1 N–H and O–H groups in total. The maximum atomic E-state index is 13.2. The maximum absolute atomic E-state index is 13.2. The van der Waals surface area contributed by atoms with Gasteiger partial charge in [-0.2, -0.15) is 13.2 Å². The number of thiazole rings is 1. The summed E-state index contributed by atoms with van der Waals surface area (Å²) < 4.78 is 45.8. The van der Waals surface area contributed by atoms with Crippen molar-refractivity contribution in [2.75, 3.05) is 5.32 Å². The summed E-state index contributed by atoms with van der Waals surface area (Å²) in [6.07, 6.45) is -4.52. The predicted molar refractivity (Wildman–Crippen MR) is 96.7 cm³/mol. The van der Waals surface area contributed by atoms with Gasteiger partial charge in [-0.3, -0.25) is 10.1 Å². The number of nitrogens with zero attached hydrogens (tertiary/aromatic N) is 1. The molecule has 0 spiro atoms. The number of rotatable bonds is 3. The van der Waals surface area contributed by atoms with Crippen molar-refractivity contribution >= 4 is 32.6 Å². The molecule has 0 fully saturated rings. The number of carbonyl (C=O) groups excluding carboxylic acids is 1. The number of anilines is 1. The normalized spacial score (nSPS) is 11.7. The van der Waals surface area contributed by atoms with Crippen LogP contribution in [0.3, 0.4) is 0 Å². The van der Waals surface area contributed by atoms with E-state index in [1.807, 2.05) is 24.3 Å². The average Bonchev–Trinajstić information content (AvgIpc) is 3.27. The molecule has 4 aromatic rings. The lowest BCUT2D eigenvalue weighted by Gasteiger charge is -2.10. The number of carbonyl (C=O) groups is 1. The molecule has 4 nitrogen and oxygen atoms in total. The Labute approximate surface area is 155 Å². The average molecular weight is 388 g/mol. The number of alkyl halides is 3. The van der Waals surface area contributed by atoms with Crippen molar-refractivity contribution in [3.63, 3.8) is 0 Å². The Balaban J connectivity index is 1.60. The molecule has 8 heteroatoms. The molecule has 0 aliphatic heterocycles. The van der Waals surface area contributed by atoms with Crippen molar-refractivity contribution in [1.29, 1.82) is 0 Å². The third-order valence-electron chi connectivity index (χ3n) is 3.84. The van der Waals surface area contributed by atoms with E-state index in [-0.39, 0.29) is 17.1 Å². The first-order valence-electron chi connectivity index (χ1n) is 7.85. The number of amides is 1. The first-order valence-corrected chi connectivity index (χ1v) is 8.67. The van der Waals surface area contributed by atoms with Gasteiger partial charge in [-0.05, 0) is 30.3 Å². The minimum absolute atomic E-state index is 0.0302. The minimum atomic E-state index is -4.52. The fraction of sp³-hybridized carbons (Fsp3) is 0.0526. The molecular weight excluding hydrogens is 377 g/mol. The van der Waals surface area contributed by atoms with Gasteiger partial charge in [0, 0.05) is 5.56 Å². The van der Waals surface area contributed by atoms with Crippen LogP contribution in [-0.4, -0.2) is 10.9 Å². The molecule has 0 aliphatic rings. The fourth-order valence-corrected chi connectivity index (χ4v) is 3.50. The summed E-state index contributed by atoms with van der Waals surface area (Å²) in [5, 5.41) is 2.99. The SMILES string of the molecule is O=C(Nc1nc2ccccc2s1)c1ccc(-c2ccccc2C(F)(F)F)o1. The highest BCUT2D eigenvalue weighted by molar-refractivity contribution is 7.22. The van der Waals surface area contributed by atoms with Crippen LogP contribution in [0.5, 0.6) is 0 Å². The standard InChI is InChI=1S/C19H11F3N2O2S/c20-19(21,22)12-6-2-1-5-11(12)14-9-10-15(26-14)17(25)24-18-23-13-7-3-4-8-16(13)27-18/h1-10H,(H,23,24,25). The minimum Gasteiger partial charge on any atom is -0.451 e. The Bertz CT molecular complexity index is 1100. The highest BCUT2D eigenvalue weighted by Gasteiger charge is 2.34. The van der Waals surface area contributed by atoms with Crippen LogP contribution < -0.4 is 5.32 Å². The van der Waals surface area contributed by atoms with Crippen LogP contribution in [0.1, 0.15) is 16.1 Å². The molecule has 0 radical (unpaired) electrons. The van der Waals surface area contributed by atoms with Crippen molar-refractivity contribution in [3.05, 3.63) is 72.0 Å². The van der Waals surface area contributed by atoms with E-state index < -0.39 is 17.6 Å². The highest BCUT2D eigenvalue weighted by Crippen LogP contribution is 2.37. The zero-order chi connectivity index (χ0) is 19.0. The molecule has 2 heterocycles. The Kier molecular flexibility index (Phi) is 4.19. The maximum Gasteiger partial charge on any atom is 0.417 e.